The van der Waals surface area contributed by atoms with Crippen molar-refractivity contribution in [3.05, 3.63) is 11.9 Å². The van der Waals surface area contributed by atoms with Crippen LogP contribution >= 0.6 is 0 Å². The minimum absolute atomic E-state index is 0.0301. The number of aromatic nitrogens is 2. The minimum Gasteiger partial charge on any atom is -0.396 e. The van der Waals surface area contributed by atoms with Gasteiger partial charge in [0.25, 0.3) is 0 Å². The fraction of sp³-hybridized carbons (Fsp3) is 0.636. The van der Waals surface area contributed by atoms with Crippen molar-refractivity contribution in [3.63, 3.8) is 0 Å². The van der Waals surface area contributed by atoms with Gasteiger partial charge in [0.1, 0.15) is 17.5 Å². The van der Waals surface area contributed by atoms with Crippen LogP contribution in [0, 0.1) is 12.3 Å². The summed E-state index contributed by atoms with van der Waals surface area (Å²) in [4.78, 5) is 8.23. The Morgan fingerprint density at radius 2 is 2.12 bits per heavy atom. The SMILES string of the molecule is Cc1nc(N)cc(NCC(C)(C)CCO)n1. The molecule has 1 rings (SSSR count). The molecule has 0 bridgehead atoms. The van der Waals surface area contributed by atoms with Crippen LogP contribution in [0.2, 0.25) is 0 Å². The van der Waals surface area contributed by atoms with Crippen molar-refractivity contribution in [1.29, 1.82) is 0 Å². The molecule has 4 N–H and O–H groups in total. The number of nitrogen functional groups attached to an aromatic ring is 1. The molecular formula is C11H20N4O. The Bertz CT molecular complexity index is 332. The van der Waals surface area contributed by atoms with Gasteiger partial charge in [-0.25, -0.2) is 9.97 Å². The van der Waals surface area contributed by atoms with Gasteiger partial charge in [0.2, 0.25) is 0 Å². The lowest BCUT2D eigenvalue weighted by Crippen LogP contribution is -2.24. The maximum atomic E-state index is 8.91. The van der Waals surface area contributed by atoms with Crippen LogP contribution in [0.5, 0.6) is 0 Å². The Kier molecular flexibility index (Phi) is 4.06. The summed E-state index contributed by atoms with van der Waals surface area (Å²) in [5.74, 6) is 1.86. The normalized spacial score (nSPS) is 11.5. The van der Waals surface area contributed by atoms with Gasteiger partial charge in [-0.15, -0.1) is 0 Å². The Balaban J connectivity index is 2.60. The Morgan fingerprint density at radius 3 is 2.69 bits per heavy atom. The van der Waals surface area contributed by atoms with E-state index in [0.29, 0.717) is 11.6 Å². The molecule has 0 fully saturated rings. The van der Waals surface area contributed by atoms with Crippen LogP contribution in [0.15, 0.2) is 6.07 Å². The Hall–Kier alpha value is -1.36. The average molecular weight is 224 g/mol. The van der Waals surface area contributed by atoms with Gasteiger partial charge < -0.3 is 16.2 Å². The second-order valence-corrected chi connectivity index (χ2v) is 4.72. The molecule has 16 heavy (non-hydrogen) atoms. The van der Waals surface area contributed by atoms with Gasteiger partial charge in [0.05, 0.1) is 0 Å². The summed E-state index contributed by atoms with van der Waals surface area (Å²) in [6, 6.07) is 1.71. The highest BCUT2D eigenvalue weighted by Gasteiger charge is 2.16. The summed E-state index contributed by atoms with van der Waals surface area (Å²) < 4.78 is 0. The fourth-order valence-corrected chi connectivity index (χ4v) is 1.40. The molecule has 1 aromatic heterocycles. The van der Waals surface area contributed by atoms with E-state index < -0.39 is 0 Å². The van der Waals surface area contributed by atoms with E-state index in [-0.39, 0.29) is 12.0 Å². The van der Waals surface area contributed by atoms with E-state index in [1.165, 1.54) is 0 Å². The summed E-state index contributed by atoms with van der Waals surface area (Å²) in [5, 5.41) is 12.1. The first-order valence-corrected chi connectivity index (χ1v) is 5.39. The van der Waals surface area contributed by atoms with Crippen molar-refractivity contribution in [1.82, 2.24) is 9.97 Å². The molecule has 0 unspecified atom stereocenters. The number of aliphatic hydroxyl groups is 1. The van der Waals surface area contributed by atoms with Crippen LogP contribution in [0.1, 0.15) is 26.1 Å². The van der Waals surface area contributed by atoms with Crippen molar-refractivity contribution in [3.8, 4) is 0 Å². The number of hydrogen-bond donors (Lipinski definition) is 3. The molecule has 1 heterocycles. The standard InChI is InChI=1S/C11H20N4O/c1-8-14-9(12)6-10(15-8)13-7-11(2,3)4-5-16/h6,16H,4-5,7H2,1-3H3,(H3,12,13,14,15). The maximum Gasteiger partial charge on any atom is 0.131 e. The molecule has 0 spiro atoms. The van der Waals surface area contributed by atoms with E-state index in [9.17, 15) is 0 Å². The number of nitrogens with zero attached hydrogens (tertiary/aromatic N) is 2. The molecule has 0 amide bonds. The monoisotopic (exact) mass is 224 g/mol. The van der Waals surface area contributed by atoms with Crippen molar-refractivity contribution < 1.29 is 5.11 Å². The largest absolute Gasteiger partial charge is 0.396 e. The Labute approximate surface area is 96.1 Å². The van der Waals surface area contributed by atoms with Crippen LogP contribution in [0.3, 0.4) is 0 Å². The topological polar surface area (TPSA) is 84.1 Å². The van der Waals surface area contributed by atoms with Gasteiger partial charge >= 0.3 is 0 Å². The first kappa shape index (κ1) is 12.7. The molecular weight excluding hydrogens is 204 g/mol. The zero-order chi connectivity index (χ0) is 12.2. The van der Waals surface area contributed by atoms with E-state index in [4.69, 9.17) is 10.8 Å². The highest BCUT2D eigenvalue weighted by Crippen LogP contribution is 2.20. The minimum atomic E-state index is 0.0301. The molecule has 0 aliphatic carbocycles. The predicted octanol–water partition coefficient (Wildman–Crippen LogP) is 1.19. The summed E-state index contributed by atoms with van der Waals surface area (Å²) in [7, 11) is 0. The molecule has 0 radical (unpaired) electrons. The summed E-state index contributed by atoms with van der Waals surface area (Å²) in [5.41, 5.74) is 5.66. The summed E-state index contributed by atoms with van der Waals surface area (Å²) in [6.45, 7) is 6.92. The molecule has 0 aliphatic rings. The van der Waals surface area contributed by atoms with Gasteiger partial charge in [-0.2, -0.15) is 0 Å². The van der Waals surface area contributed by atoms with Crippen LogP contribution in [0.25, 0.3) is 0 Å². The lowest BCUT2D eigenvalue weighted by molar-refractivity contribution is 0.220. The van der Waals surface area contributed by atoms with Gasteiger partial charge in [0, 0.05) is 19.2 Å². The number of rotatable bonds is 5. The number of nitrogens with two attached hydrogens (primary N) is 1. The first-order chi connectivity index (χ1) is 7.43. The number of aryl methyl sites for hydroxylation is 1. The maximum absolute atomic E-state index is 8.91. The summed E-state index contributed by atoms with van der Waals surface area (Å²) >= 11 is 0. The highest BCUT2D eigenvalue weighted by atomic mass is 16.3. The smallest absolute Gasteiger partial charge is 0.131 e. The molecule has 5 heteroatoms. The number of aliphatic hydroxyl groups excluding tert-OH is 1. The van der Waals surface area contributed by atoms with Gasteiger partial charge in [-0.1, -0.05) is 13.8 Å². The zero-order valence-corrected chi connectivity index (χ0v) is 10.1. The number of nitrogens with one attached hydrogen (secondary N) is 1. The zero-order valence-electron chi connectivity index (χ0n) is 10.1. The van der Waals surface area contributed by atoms with Crippen LogP contribution in [0.4, 0.5) is 11.6 Å². The van der Waals surface area contributed by atoms with E-state index in [2.05, 4.69) is 29.1 Å². The highest BCUT2D eigenvalue weighted by molar-refractivity contribution is 5.44. The quantitative estimate of drug-likeness (QED) is 0.699. The third kappa shape index (κ3) is 4.02. The molecule has 0 saturated heterocycles. The van der Waals surface area contributed by atoms with Crippen molar-refractivity contribution in [2.75, 3.05) is 24.2 Å². The number of hydrogen-bond acceptors (Lipinski definition) is 5. The van der Waals surface area contributed by atoms with Crippen molar-refractivity contribution in [2.45, 2.75) is 27.2 Å². The van der Waals surface area contributed by atoms with E-state index in [0.717, 1.165) is 18.8 Å². The molecule has 0 saturated carbocycles. The average Bonchev–Trinajstić information content (AvgIpc) is 2.13. The van der Waals surface area contributed by atoms with Gasteiger partial charge in [0.15, 0.2) is 0 Å². The van der Waals surface area contributed by atoms with E-state index >= 15 is 0 Å². The lowest BCUT2D eigenvalue weighted by atomic mass is 9.90. The number of anilines is 2. The van der Waals surface area contributed by atoms with Gasteiger partial charge in [-0.05, 0) is 18.8 Å². The van der Waals surface area contributed by atoms with E-state index in [1.54, 1.807) is 13.0 Å². The predicted molar refractivity (Wildman–Crippen MR) is 65.2 cm³/mol. The third-order valence-electron chi connectivity index (χ3n) is 2.39. The summed E-state index contributed by atoms with van der Waals surface area (Å²) in [6.07, 6.45) is 0.750. The van der Waals surface area contributed by atoms with Crippen molar-refractivity contribution in [2.24, 2.45) is 5.41 Å². The second kappa shape index (κ2) is 5.12. The molecule has 5 nitrogen and oxygen atoms in total. The van der Waals surface area contributed by atoms with Gasteiger partial charge in [-0.3, -0.25) is 0 Å². The second-order valence-electron chi connectivity index (χ2n) is 4.72. The van der Waals surface area contributed by atoms with Crippen LogP contribution < -0.4 is 11.1 Å². The van der Waals surface area contributed by atoms with Crippen LogP contribution in [-0.2, 0) is 0 Å². The van der Waals surface area contributed by atoms with Crippen LogP contribution in [-0.4, -0.2) is 28.2 Å². The fourth-order valence-electron chi connectivity index (χ4n) is 1.40. The van der Waals surface area contributed by atoms with Crippen molar-refractivity contribution >= 4 is 11.6 Å². The van der Waals surface area contributed by atoms with E-state index in [1.807, 2.05) is 0 Å². The molecule has 90 valence electrons. The Morgan fingerprint density at radius 1 is 1.44 bits per heavy atom. The molecule has 0 aliphatic heterocycles. The molecule has 0 aromatic carbocycles. The molecule has 0 atom stereocenters. The lowest BCUT2D eigenvalue weighted by Gasteiger charge is -2.24. The third-order valence-corrected chi connectivity index (χ3v) is 2.39. The first-order valence-electron chi connectivity index (χ1n) is 5.39. The molecule has 1 aromatic rings.